The van der Waals surface area contributed by atoms with Crippen LogP contribution >= 0.6 is 0 Å². The van der Waals surface area contributed by atoms with E-state index in [2.05, 4.69) is 6.92 Å². The van der Waals surface area contributed by atoms with Crippen molar-refractivity contribution in [3.8, 4) is 5.75 Å². The summed E-state index contributed by atoms with van der Waals surface area (Å²) in [4.78, 5) is 0. The van der Waals surface area contributed by atoms with Gasteiger partial charge in [-0.1, -0.05) is 19.1 Å². The van der Waals surface area contributed by atoms with Crippen molar-refractivity contribution in [1.82, 2.24) is 0 Å². The molecule has 1 N–H and O–H groups in total. The lowest BCUT2D eigenvalue weighted by molar-refractivity contribution is 0.199. The van der Waals surface area contributed by atoms with Gasteiger partial charge in [-0.3, -0.25) is 0 Å². The Morgan fingerprint density at radius 2 is 1.92 bits per heavy atom. The van der Waals surface area contributed by atoms with Crippen molar-refractivity contribution < 1.29 is 9.84 Å². The average molecular weight is 180 g/mol. The molecule has 0 aliphatic rings. The van der Waals surface area contributed by atoms with Crippen molar-refractivity contribution in [2.75, 3.05) is 6.61 Å². The molecule has 0 aliphatic heterocycles. The molecule has 0 spiro atoms. The van der Waals surface area contributed by atoms with Gasteiger partial charge >= 0.3 is 0 Å². The minimum absolute atomic E-state index is 0.403. The fraction of sp³-hybridized carbons (Fsp3) is 0.455. The van der Waals surface area contributed by atoms with Crippen LogP contribution in [0.2, 0.25) is 0 Å². The molecule has 1 atom stereocenters. The lowest BCUT2D eigenvalue weighted by atomic mass is 10.1. The zero-order valence-electron chi connectivity index (χ0n) is 8.16. The van der Waals surface area contributed by atoms with Crippen LogP contribution in [-0.2, 0) is 0 Å². The summed E-state index contributed by atoms with van der Waals surface area (Å²) in [6, 6.07) is 7.54. The summed E-state index contributed by atoms with van der Waals surface area (Å²) in [5, 5.41) is 9.25. The normalized spacial score (nSPS) is 12.5. The standard InChI is InChI=1S/C11H16O2/c1-3-8-13-11-6-4-10(5-7-11)9(2)12/h4-7,9,12H,3,8H2,1-2H3/t9-/m1/s1. The lowest BCUT2D eigenvalue weighted by Gasteiger charge is -2.07. The van der Waals surface area contributed by atoms with Crippen LogP contribution in [0.1, 0.15) is 31.9 Å². The molecule has 0 saturated carbocycles. The first-order valence-electron chi connectivity index (χ1n) is 4.65. The van der Waals surface area contributed by atoms with E-state index in [1.807, 2.05) is 24.3 Å². The number of aliphatic hydroxyl groups excluding tert-OH is 1. The van der Waals surface area contributed by atoms with Crippen LogP contribution in [0.3, 0.4) is 0 Å². The molecule has 1 aromatic rings. The van der Waals surface area contributed by atoms with Gasteiger partial charge in [-0.25, -0.2) is 0 Å². The number of rotatable bonds is 4. The molecule has 0 bridgehead atoms. The van der Waals surface area contributed by atoms with E-state index in [4.69, 9.17) is 4.74 Å². The minimum Gasteiger partial charge on any atom is -0.494 e. The van der Waals surface area contributed by atoms with Crippen LogP contribution in [0.5, 0.6) is 5.75 Å². The maximum absolute atomic E-state index is 9.25. The van der Waals surface area contributed by atoms with Gasteiger partial charge in [0, 0.05) is 0 Å². The molecule has 0 heterocycles. The van der Waals surface area contributed by atoms with Gasteiger partial charge in [0.15, 0.2) is 0 Å². The summed E-state index contributed by atoms with van der Waals surface area (Å²) in [6.07, 6.45) is 0.609. The van der Waals surface area contributed by atoms with E-state index < -0.39 is 6.10 Å². The molecule has 0 saturated heterocycles. The highest BCUT2D eigenvalue weighted by molar-refractivity contribution is 5.28. The van der Waals surface area contributed by atoms with E-state index in [1.54, 1.807) is 6.92 Å². The Kier molecular flexibility index (Phi) is 3.77. The van der Waals surface area contributed by atoms with Crippen molar-refractivity contribution in [2.24, 2.45) is 0 Å². The Labute approximate surface area is 79.2 Å². The maximum Gasteiger partial charge on any atom is 0.119 e. The minimum atomic E-state index is -0.403. The molecule has 0 fully saturated rings. The zero-order chi connectivity index (χ0) is 9.68. The second kappa shape index (κ2) is 4.87. The van der Waals surface area contributed by atoms with Gasteiger partial charge in [0.05, 0.1) is 12.7 Å². The largest absolute Gasteiger partial charge is 0.494 e. The van der Waals surface area contributed by atoms with Gasteiger partial charge in [0.1, 0.15) is 5.75 Å². The van der Waals surface area contributed by atoms with Gasteiger partial charge in [-0.2, -0.15) is 0 Å². The van der Waals surface area contributed by atoms with Gasteiger partial charge in [-0.05, 0) is 31.0 Å². The Morgan fingerprint density at radius 1 is 1.31 bits per heavy atom. The summed E-state index contributed by atoms with van der Waals surface area (Å²) < 4.78 is 5.41. The molecule has 0 aliphatic carbocycles. The van der Waals surface area contributed by atoms with E-state index in [0.29, 0.717) is 0 Å². The maximum atomic E-state index is 9.25. The van der Waals surface area contributed by atoms with Crippen molar-refractivity contribution in [3.05, 3.63) is 29.8 Å². The first-order valence-corrected chi connectivity index (χ1v) is 4.65. The first kappa shape index (κ1) is 10.1. The molecular formula is C11H16O2. The Bertz CT molecular complexity index is 239. The topological polar surface area (TPSA) is 29.5 Å². The fourth-order valence-electron chi connectivity index (χ4n) is 1.06. The molecular weight excluding hydrogens is 164 g/mol. The van der Waals surface area contributed by atoms with Crippen molar-refractivity contribution in [1.29, 1.82) is 0 Å². The summed E-state index contributed by atoms with van der Waals surface area (Å²) >= 11 is 0. The number of ether oxygens (including phenoxy) is 1. The summed E-state index contributed by atoms with van der Waals surface area (Å²) in [6.45, 7) is 4.57. The third kappa shape index (κ3) is 3.07. The van der Waals surface area contributed by atoms with Crippen LogP contribution in [-0.4, -0.2) is 11.7 Å². The van der Waals surface area contributed by atoms with Crippen LogP contribution in [0, 0.1) is 0 Å². The van der Waals surface area contributed by atoms with Crippen LogP contribution in [0.4, 0.5) is 0 Å². The first-order chi connectivity index (χ1) is 6.24. The highest BCUT2D eigenvalue weighted by Crippen LogP contribution is 2.17. The van der Waals surface area contributed by atoms with Gasteiger partial charge in [-0.15, -0.1) is 0 Å². The van der Waals surface area contributed by atoms with E-state index in [0.717, 1.165) is 24.3 Å². The van der Waals surface area contributed by atoms with Crippen LogP contribution < -0.4 is 4.74 Å². The lowest BCUT2D eigenvalue weighted by Crippen LogP contribution is -1.95. The molecule has 1 aromatic carbocycles. The van der Waals surface area contributed by atoms with Gasteiger partial charge < -0.3 is 9.84 Å². The van der Waals surface area contributed by atoms with E-state index in [9.17, 15) is 5.11 Å². The van der Waals surface area contributed by atoms with Crippen molar-refractivity contribution in [2.45, 2.75) is 26.4 Å². The SMILES string of the molecule is CCCOc1ccc([C@@H](C)O)cc1. The van der Waals surface area contributed by atoms with Crippen LogP contribution in [0.25, 0.3) is 0 Å². The van der Waals surface area contributed by atoms with Crippen molar-refractivity contribution in [3.63, 3.8) is 0 Å². The summed E-state index contributed by atoms with van der Waals surface area (Å²) in [5.74, 6) is 0.867. The molecule has 1 rings (SSSR count). The molecule has 0 radical (unpaired) electrons. The van der Waals surface area contributed by atoms with E-state index >= 15 is 0 Å². The molecule has 0 aromatic heterocycles. The molecule has 0 amide bonds. The number of hydrogen-bond donors (Lipinski definition) is 1. The second-order valence-electron chi connectivity index (χ2n) is 3.09. The summed E-state index contributed by atoms with van der Waals surface area (Å²) in [7, 11) is 0. The Morgan fingerprint density at radius 3 is 2.38 bits per heavy atom. The Balaban J connectivity index is 2.59. The summed E-state index contributed by atoms with van der Waals surface area (Å²) in [5.41, 5.74) is 0.920. The highest BCUT2D eigenvalue weighted by Gasteiger charge is 1.99. The van der Waals surface area contributed by atoms with Gasteiger partial charge in [0.25, 0.3) is 0 Å². The highest BCUT2D eigenvalue weighted by atomic mass is 16.5. The average Bonchev–Trinajstić information content (AvgIpc) is 2.15. The smallest absolute Gasteiger partial charge is 0.119 e. The quantitative estimate of drug-likeness (QED) is 0.771. The molecule has 2 heteroatoms. The molecule has 13 heavy (non-hydrogen) atoms. The van der Waals surface area contributed by atoms with Crippen LogP contribution in [0.15, 0.2) is 24.3 Å². The number of aliphatic hydroxyl groups is 1. The van der Waals surface area contributed by atoms with E-state index in [1.165, 1.54) is 0 Å². The predicted molar refractivity (Wildman–Crippen MR) is 52.9 cm³/mol. The third-order valence-electron chi connectivity index (χ3n) is 1.84. The Hall–Kier alpha value is -1.02. The fourth-order valence-corrected chi connectivity index (χ4v) is 1.06. The zero-order valence-corrected chi connectivity index (χ0v) is 8.16. The number of hydrogen-bond acceptors (Lipinski definition) is 2. The van der Waals surface area contributed by atoms with E-state index in [-0.39, 0.29) is 0 Å². The molecule has 0 unspecified atom stereocenters. The molecule has 72 valence electrons. The second-order valence-corrected chi connectivity index (χ2v) is 3.09. The molecule has 2 nitrogen and oxygen atoms in total. The number of benzene rings is 1. The predicted octanol–water partition coefficient (Wildman–Crippen LogP) is 2.53. The third-order valence-corrected chi connectivity index (χ3v) is 1.84. The monoisotopic (exact) mass is 180 g/mol. The van der Waals surface area contributed by atoms with Crippen molar-refractivity contribution >= 4 is 0 Å². The van der Waals surface area contributed by atoms with Gasteiger partial charge in [0.2, 0.25) is 0 Å².